The number of nitrogens with zero attached hydrogens (tertiary/aromatic N) is 4. The van der Waals surface area contributed by atoms with E-state index < -0.39 is 5.60 Å². The second-order valence-electron chi connectivity index (χ2n) is 10.1. The first kappa shape index (κ1) is 23.2. The van der Waals surface area contributed by atoms with Gasteiger partial charge in [-0.05, 0) is 85.2 Å². The topological polar surface area (TPSA) is 60.4 Å². The summed E-state index contributed by atoms with van der Waals surface area (Å²) < 4.78 is 5.56. The minimum absolute atomic E-state index is 0.172. The Morgan fingerprint density at radius 1 is 1.03 bits per heavy atom. The largest absolute Gasteiger partial charge is 0.444 e. The number of amides is 1. The van der Waals surface area contributed by atoms with Crippen molar-refractivity contribution >= 4 is 12.1 Å². The fourth-order valence-electron chi connectivity index (χ4n) is 4.91. The van der Waals surface area contributed by atoms with Gasteiger partial charge in [-0.15, -0.1) is 0 Å². The van der Waals surface area contributed by atoms with Gasteiger partial charge < -0.3 is 19.9 Å². The van der Waals surface area contributed by atoms with Crippen LogP contribution in [0.4, 0.5) is 4.79 Å². The van der Waals surface area contributed by atoms with E-state index in [0.717, 1.165) is 58.1 Å². The Kier molecular flexibility index (Phi) is 8.26. The molecule has 1 amide bonds. The zero-order valence-electron chi connectivity index (χ0n) is 19.7. The number of carbonyl (C=O) groups excluding carboxylic acids is 1. The number of likely N-dealkylation sites (tertiary alicyclic amines) is 3. The van der Waals surface area contributed by atoms with Crippen LogP contribution in [0.3, 0.4) is 0 Å². The number of nitrogens with one attached hydrogen (secondary N) is 1. The second kappa shape index (κ2) is 10.7. The van der Waals surface area contributed by atoms with Crippen molar-refractivity contribution in [3.05, 3.63) is 0 Å². The number of aliphatic imine (C=N–C) groups is 1. The Balaban J connectivity index is 1.47. The van der Waals surface area contributed by atoms with Crippen LogP contribution in [0.5, 0.6) is 0 Å². The van der Waals surface area contributed by atoms with Gasteiger partial charge in [-0.3, -0.25) is 9.89 Å². The minimum atomic E-state index is -0.433. The molecule has 0 bridgehead atoms. The maximum absolute atomic E-state index is 12.4. The molecule has 0 spiro atoms. The van der Waals surface area contributed by atoms with Crippen LogP contribution in [0.2, 0.25) is 0 Å². The third-order valence-corrected chi connectivity index (χ3v) is 6.42. The number of piperidine rings is 1. The molecule has 0 radical (unpaired) electrons. The zero-order chi connectivity index (χ0) is 21.6. The van der Waals surface area contributed by atoms with Crippen molar-refractivity contribution < 1.29 is 9.53 Å². The summed E-state index contributed by atoms with van der Waals surface area (Å²) in [5, 5.41) is 3.50. The van der Waals surface area contributed by atoms with E-state index in [2.05, 4.69) is 22.0 Å². The van der Waals surface area contributed by atoms with Gasteiger partial charge in [-0.1, -0.05) is 0 Å². The number of carbonyl (C=O) groups is 1. The van der Waals surface area contributed by atoms with E-state index in [1.807, 2.05) is 25.7 Å². The highest BCUT2D eigenvalue weighted by molar-refractivity contribution is 5.80. The smallest absolute Gasteiger partial charge is 0.410 e. The quantitative estimate of drug-likeness (QED) is 0.546. The van der Waals surface area contributed by atoms with E-state index in [1.54, 1.807) is 0 Å². The molecule has 3 saturated heterocycles. The lowest BCUT2D eigenvalue weighted by atomic mass is 9.95. The average molecular weight is 422 g/mol. The van der Waals surface area contributed by atoms with E-state index in [0.29, 0.717) is 12.0 Å². The Bertz CT molecular complexity index is 583. The first-order valence-electron chi connectivity index (χ1n) is 12.1. The van der Waals surface area contributed by atoms with Crippen molar-refractivity contribution in [2.45, 2.75) is 77.9 Å². The number of hydrogen-bond donors (Lipinski definition) is 1. The van der Waals surface area contributed by atoms with Crippen LogP contribution in [-0.2, 0) is 4.74 Å². The SMILES string of the molecule is CCNC(=NCCC1CCCN(C(=O)OC(C)(C)C)C1)N1CCC(N2CCCC2)C1. The summed E-state index contributed by atoms with van der Waals surface area (Å²) >= 11 is 0. The molecule has 3 fully saturated rings. The van der Waals surface area contributed by atoms with Crippen molar-refractivity contribution in [2.75, 3.05) is 52.4 Å². The van der Waals surface area contributed by atoms with Gasteiger partial charge in [0.25, 0.3) is 0 Å². The summed E-state index contributed by atoms with van der Waals surface area (Å²) in [5.74, 6) is 1.58. The molecule has 3 rings (SSSR count). The molecule has 3 aliphatic heterocycles. The molecule has 7 nitrogen and oxygen atoms in total. The normalized spacial score (nSPS) is 26.3. The van der Waals surface area contributed by atoms with Crippen molar-refractivity contribution in [3.63, 3.8) is 0 Å². The molecule has 1 N–H and O–H groups in total. The Labute approximate surface area is 183 Å². The third-order valence-electron chi connectivity index (χ3n) is 6.42. The monoisotopic (exact) mass is 421 g/mol. The summed E-state index contributed by atoms with van der Waals surface area (Å²) in [6.45, 7) is 16.0. The number of rotatable bonds is 5. The highest BCUT2D eigenvalue weighted by Gasteiger charge is 2.31. The van der Waals surface area contributed by atoms with Crippen LogP contribution >= 0.6 is 0 Å². The van der Waals surface area contributed by atoms with Crippen LogP contribution in [0.15, 0.2) is 4.99 Å². The van der Waals surface area contributed by atoms with Crippen molar-refractivity contribution in [3.8, 4) is 0 Å². The van der Waals surface area contributed by atoms with E-state index in [1.165, 1.54) is 38.8 Å². The number of hydrogen-bond acceptors (Lipinski definition) is 4. The summed E-state index contributed by atoms with van der Waals surface area (Å²) in [6, 6.07) is 0.692. The molecule has 0 aliphatic carbocycles. The molecule has 0 saturated carbocycles. The first-order chi connectivity index (χ1) is 14.4. The van der Waals surface area contributed by atoms with Gasteiger partial charge in [0.15, 0.2) is 5.96 Å². The average Bonchev–Trinajstić information content (AvgIpc) is 3.38. The molecule has 0 aromatic heterocycles. The molecule has 2 unspecified atom stereocenters. The summed E-state index contributed by atoms with van der Waals surface area (Å²) in [5.41, 5.74) is -0.433. The third kappa shape index (κ3) is 6.76. The lowest BCUT2D eigenvalue weighted by Crippen LogP contribution is -2.43. The Morgan fingerprint density at radius 3 is 2.50 bits per heavy atom. The van der Waals surface area contributed by atoms with Crippen LogP contribution in [0, 0.1) is 5.92 Å². The fraction of sp³-hybridized carbons (Fsp3) is 0.913. The summed E-state index contributed by atoms with van der Waals surface area (Å²) in [6.07, 6.45) is 7.03. The minimum Gasteiger partial charge on any atom is -0.444 e. The highest BCUT2D eigenvalue weighted by Crippen LogP contribution is 2.23. The van der Waals surface area contributed by atoms with Crippen LogP contribution in [0.1, 0.15) is 66.2 Å². The van der Waals surface area contributed by atoms with E-state index in [4.69, 9.17) is 9.73 Å². The van der Waals surface area contributed by atoms with Crippen LogP contribution in [-0.4, -0.2) is 90.8 Å². The maximum Gasteiger partial charge on any atom is 0.410 e. The van der Waals surface area contributed by atoms with Crippen molar-refractivity contribution in [1.29, 1.82) is 0 Å². The standard InChI is InChI=1S/C23H43N5O2/c1-5-24-21(27-16-11-20(18-27)26-13-6-7-14-26)25-12-10-19-9-8-15-28(17-19)22(29)30-23(2,3)4/h19-20H,5-18H2,1-4H3,(H,24,25). The molecule has 2 atom stereocenters. The second-order valence-corrected chi connectivity index (χ2v) is 10.1. The van der Waals surface area contributed by atoms with Crippen molar-refractivity contribution in [1.82, 2.24) is 20.0 Å². The van der Waals surface area contributed by atoms with Crippen LogP contribution < -0.4 is 5.32 Å². The molecule has 3 aliphatic rings. The maximum atomic E-state index is 12.4. The van der Waals surface area contributed by atoms with Gasteiger partial charge in [0, 0.05) is 45.3 Å². The Morgan fingerprint density at radius 2 is 1.80 bits per heavy atom. The van der Waals surface area contributed by atoms with Gasteiger partial charge in [0.1, 0.15) is 5.60 Å². The van der Waals surface area contributed by atoms with Crippen molar-refractivity contribution in [2.24, 2.45) is 10.9 Å². The van der Waals surface area contributed by atoms with Gasteiger partial charge in [-0.25, -0.2) is 4.79 Å². The highest BCUT2D eigenvalue weighted by atomic mass is 16.6. The van der Waals surface area contributed by atoms with E-state index in [-0.39, 0.29) is 6.09 Å². The molecule has 0 aromatic rings. The van der Waals surface area contributed by atoms with E-state index >= 15 is 0 Å². The number of ether oxygens (including phenoxy) is 1. The predicted octanol–water partition coefficient (Wildman–Crippen LogP) is 3.16. The number of guanidine groups is 1. The van der Waals surface area contributed by atoms with Gasteiger partial charge in [0.2, 0.25) is 0 Å². The zero-order valence-corrected chi connectivity index (χ0v) is 19.7. The van der Waals surface area contributed by atoms with Gasteiger partial charge in [0.05, 0.1) is 0 Å². The lowest BCUT2D eigenvalue weighted by Gasteiger charge is -2.34. The molecule has 172 valence electrons. The lowest BCUT2D eigenvalue weighted by molar-refractivity contribution is 0.0163. The molecular formula is C23H43N5O2. The summed E-state index contributed by atoms with van der Waals surface area (Å²) in [7, 11) is 0. The molecule has 30 heavy (non-hydrogen) atoms. The summed E-state index contributed by atoms with van der Waals surface area (Å²) in [4.78, 5) is 24.3. The molecule has 3 heterocycles. The van der Waals surface area contributed by atoms with E-state index in [9.17, 15) is 4.79 Å². The molecule has 7 heteroatoms. The van der Waals surface area contributed by atoms with Crippen LogP contribution in [0.25, 0.3) is 0 Å². The first-order valence-corrected chi connectivity index (χ1v) is 12.1. The molecular weight excluding hydrogens is 378 g/mol. The fourth-order valence-corrected chi connectivity index (χ4v) is 4.91. The molecule has 0 aromatic carbocycles. The Hall–Kier alpha value is -1.50. The van der Waals surface area contributed by atoms with Gasteiger partial charge >= 0.3 is 6.09 Å². The van der Waals surface area contributed by atoms with Gasteiger partial charge in [-0.2, -0.15) is 0 Å². The predicted molar refractivity (Wildman–Crippen MR) is 122 cm³/mol.